The number of thioether (sulfide) groups is 1. The molecule has 0 saturated heterocycles. The van der Waals surface area contributed by atoms with Crippen molar-refractivity contribution in [2.45, 2.75) is 4.75 Å². The maximum absolute atomic E-state index is 13.1. The van der Waals surface area contributed by atoms with E-state index in [1.807, 2.05) is 42.5 Å². The fraction of sp³-hybridized carbons (Fsp3) is 0.107. The predicted molar refractivity (Wildman–Crippen MR) is 129 cm³/mol. The third-order valence-electron chi connectivity index (χ3n) is 5.37. The lowest BCUT2D eigenvalue weighted by molar-refractivity contribution is 0.102. The van der Waals surface area contributed by atoms with Crippen LogP contribution in [0.25, 0.3) is 0 Å². The Morgan fingerprint density at radius 1 is 0.677 bits per heavy atom. The Kier molecular flexibility index (Phi) is 6.54. The first-order valence-corrected chi connectivity index (χ1v) is 11.2. The number of ether oxygens (including phenoxy) is 1. The van der Waals surface area contributed by atoms with E-state index in [0.717, 1.165) is 22.4 Å². The highest BCUT2D eigenvalue weighted by molar-refractivity contribution is 8.01. The second kappa shape index (κ2) is 9.67. The fourth-order valence-corrected chi connectivity index (χ4v) is 5.23. The first kappa shape index (κ1) is 21.0. The van der Waals surface area contributed by atoms with Crippen LogP contribution in [0.1, 0.15) is 27.0 Å². The number of rotatable bonds is 8. The molecule has 0 fully saturated rings. The summed E-state index contributed by atoms with van der Waals surface area (Å²) in [4.78, 5) is 13.1. The van der Waals surface area contributed by atoms with E-state index in [-0.39, 0.29) is 5.78 Å². The Balaban J connectivity index is 1.77. The zero-order chi connectivity index (χ0) is 21.5. The van der Waals surface area contributed by atoms with Gasteiger partial charge in [0.15, 0.2) is 5.78 Å². The zero-order valence-corrected chi connectivity index (χ0v) is 18.2. The Morgan fingerprint density at radius 2 is 1.10 bits per heavy atom. The zero-order valence-electron chi connectivity index (χ0n) is 17.4. The maximum atomic E-state index is 13.1. The normalized spacial score (nSPS) is 11.1. The molecule has 0 amide bonds. The van der Waals surface area contributed by atoms with Gasteiger partial charge in [-0.1, -0.05) is 91.0 Å². The molecular formula is C28H24O2S. The van der Waals surface area contributed by atoms with Crippen LogP contribution in [0.4, 0.5) is 0 Å². The van der Waals surface area contributed by atoms with Crippen LogP contribution >= 0.6 is 11.8 Å². The summed E-state index contributed by atoms with van der Waals surface area (Å²) in [5, 5.41) is 0. The number of carbonyl (C=O) groups excluding carboxylic acids is 1. The molecule has 0 aliphatic carbocycles. The van der Waals surface area contributed by atoms with Crippen LogP contribution in [0.15, 0.2) is 115 Å². The lowest BCUT2D eigenvalue weighted by Crippen LogP contribution is -2.27. The van der Waals surface area contributed by atoms with E-state index < -0.39 is 4.75 Å². The summed E-state index contributed by atoms with van der Waals surface area (Å²) < 4.78 is 4.73. The molecule has 2 nitrogen and oxygen atoms in total. The van der Waals surface area contributed by atoms with Gasteiger partial charge in [-0.15, -0.1) is 11.8 Å². The third-order valence-corrected chi connectivity index (χ3v) is 6.92. The van der Waals surface area contributed by atoms with E-state index in [0.29, 0.717) is 11.3 Å². The lowest BCUT2D eigenvalue weighted by Gasteiger charge is -2.35. The largest absolute Gasteiger partial charge is 0.497 e. The van der Waals surface area contributed by atoms with Gasteiger partial charge < -0.3 is 4.74 Å². The standard InChI is InChI=1S/C28H24O2S/c1-30-26-19-17-22(18-20-26)27(29)21-31-28(23-11-5-2-6-12-23,24-13-7-3-8-14-24)25-15-9-4-10-16-25/h2-20H,21H2,1H3. The molecule has 4 aromatic carbocycles. The second-order valence-corrected chi connectivity index (χ2v) is 8.41. The Hall–Kier alpha value is -3.30. The topological polar surface area (TPSA) is 26.3 Å². The quantitative estimate of drug-likeness (QED) is 0.235. The van der Waals surface area contributed by atoms with Crippen molar-refractivity contribution in [3.63, 3.8) is 0 Å². The Morgan fingerprint density at radius 3 is 1.48 bits per heavy atom. The van der Waals surface area contributed by atoms with Crippen LogP contribution in [0, 0.1) is 0 Å². The molecule has 0 bridgehead atoms. The van der Waals surface area contributed by atoms with Gasteiger partial charge in [-0.3, -0.25) is 4.79 Å². The number of hydrogen-bond acceptors (Lipinski definition) is 3. The molecule has 0 spiro atoms. The molecule has 0 aromatic heterocycles. The van der Waals surface area contributed by atoms with Crippen molar-refractivity contribution < 1.29 is 9.53 Å². The molecular weight excluding hydrogens is 400 g/mol. The van der Waals surface area contributed by atoms with E-state index in [1.165, 1.54) is 0 Å². The maximum Gasteiger partial charge on any atom is 0.172 e. The summed E-state index contributed by atoms with van der Waals surface area (Å²) >= 11 is 1.66. The van der Waals surface area contributed by atoms with E-state index in [2.05, 4.69) is 72.8 Å². The van der Waals surface area contributed by atoms with E-state index in [1.54, 1.807) is 18.9 Å². The van der Waals surface area contributed by atoms with Gasteiger partial charge in [0.2, 0.25) is 0 Å². The van der Waals surface area contributed by atoms with Gasteiger partial charge in [0, 0.05) is 5.56 Å². The summed E-state index contributed by atoms with van der Waals surface area (Å²) in [5.41, 5.74) is 4.15. The van der Waals surface area contributed by atoms with Gasteiger partial charge in [0.1, 0.15) is 5.75 Å². The first-order chi connectivity index (χ1) is 15.2. The molecule has 0 N–H and O–H groups in total. The highest BCUT2D eigenvalue weighted by Crippen LogP contribution is 2.48. The summed E-state index contributed by atoms with van der Waals surface area (Å²) in [6.07, 6.45) is 0. The fourth-order valence-electron chi connectivity index (χ4n) is 3.80. The van der Waals surface area contributed by atoms with E-state index in [4.69, 9.17) is 4.74 Å². The number of carbonyl (C=O) groups is 1. The van der Waals surface area contributed by atoms with E-state index in [9.17, 15) is 4.79 Å². The monoisotopic (exact) mass is 424 g/mol. The number of Topliss-reactive ketones (excluding diaryl/α,β-unsaturated/α-hetero) is 1. The van der Waals surface area contributed by atoms with Crippen molar-refractivity contribution in [1.82, 2.24) is 0 Å². The van der Waals surface area contributed by atoms with Gasteiger partial charge in [0.25, 0.3) is 0 Å². The van der Waals surface area contributed by atoms with E-state index >= 15 is 0 Å². The molecule has 0 heterocycles. The van der Waals surface area contributed by atoms with Gasteiger partial charge in [0.05, 0.1) is 17.6 Å². The highest BCUT2D eigenvalue weighted by Gasteiger charge is 2.37. The van der Waals surface area contributed by atoms with Crippen LogP contribution in [0.2, 0.25) is 0 Å². The number of ketones is 1. The lowest BCUT2D eigenvalue weighted by atomic mass is 9.84. The first-order valence-electron chi connectivity index (χ1n) is 10.2. The third kappa shape index (κ3) is 4.42. The van der Waals surface area contributed by atoms with Gasteiger partial charge in [-0.2, -0.15) is 0 Å². The summed E-state index contributed by atoms with van der Waals surface area (Å²) in [7, 11) is 1.63. The Bertz CT molecular complexity index is 1010. The molecule has 0 radical (unpaired) electrons. The molecule has 0 aliphatic heterocycles. The van der Waals surface area contributed by atoms with Crippen molar-refractivity contribution in [2.24, 2.45) is 0 Å². The minimum absolute atomic E-state index is 0.0971. The molecule has 0 saturated carbocycles. The second-order valence-electron chi connectivity index (χ2n) is 7.22. The number of hydrogen-bond donors (Lipinski definition) is 0. The highest BCUT2D eigenvalue weighted by atomic mass is 32.2. The summed E-state index contributed by atoms with van der Waals surface area (Å²) in [5.74, 6) is 1.20. The van der Waals surface area contributed by atoms with Gasteiger partial charge >= 0.3 is 0 Å². The minimum atomic E-state index is -0.494. The summed E-state index contributed by atoms with van der Waals surface area (Å²) in [6.45, 7) is 0. The smallest absolute Gasteiger partial charge is 0.172 e. The predicted octanol–water partition coefficient (Wildman–Crippen LogP) is 6.60. The SMILES string of the molecule is COc1ccc(C(=O)CSC(c2ccccc2)(c2ccccc2)c2ccccc2)cc1. The molecule has 31 heavy (non-hydrogen) atoms. The molecule has 154 valence electrons. The van der Waals surface area contributed by atoms with Crippen LogP contribution in [0.3, 0.4) is 0 Å². The Labute approximate surface area is 187 Å². The molecule has 4 aromatic rings. The average Bonchev–Trinajstić information content (AvgIpc) is 2.86. The van der Waals surface area contributed by atoms with Gasteiger partial charge in [-0.05, 0) is 41.0 Å². The molecule has 0 aliphatic rings. The van der Waals surface area contributed by atoms with Crippen LogP contribution in [-0.2, 0) is 4.75 Å². The van der Waals surface area contributed by atoms with Crippen molar-refractivity contribution in [3.05, 3.63) is 138 Å². The summed E-state index contributed by atoms with van der Waals surface area (Å²) in [6, 6.07) is 38.6. The van der Waals surface area contributed by atoms with Crippen LogP contribution in [0.5, 0.6) is 5.75 Å². The van der Waals surface area contributed by atoms with Crippen molar-refractivity contribution in [2.75, 3.05) is 12.9 Å². The molecule has 3 heteroatoms. The molecule has 4 rings (SSSR count). The average molecular weight is 425 g/mol. The number of benzene rings is 4. The molecule has 0 atom stereocenters. The number of methoxy groups -OCH3 is 1. The van der Waals surface area contributed by atoms with Crippen molar-refractivity contribution in [3.8, 4) is 5.75 Å². The van der Waals surface area contributed by atoms with Gasteiger partial charge in [-0.25, -0.2) is 0 Å². The molecule has 0 unspecified atom stereocenters. The minimum Gasteiger partial charge on any atom is -0.497 e. The van der Waals surface area contributed by atoms with Crippen molar-refractivity contribution in [1.29, 1.82) is 0 Å². The van der Waals surface area contributed by atoms with Crippen LogP contribution in [-0.4, -0.2) is 18.6 Å². The van der Waals surface area contributed by atoms with Crippen LogP contribution < -0.4 is 4.74 Å². The van der Waals surface area contributed by atoms with Crippen molar-refractivity contribution >= 4 is 17.5 Å².